The van der Waals surface area contributed by atoms with Gasteiger partial charge in [-0.05, 0) is 55.2 Å². The number of ether oxygens (including phenoxy) is 1. The molecule has 1 radical (unpaired) electrons. The van der Waals surface area contributed by atoms with Gasteiger partial charge in [-0.3, -0.25) is 4.79 Å². The zero-order chi connectivity index (χ0) is 17.9. The van der Waals surface area contributed by atoms with Crippen molar-refractivity contribution in [2.45, 2.75) is 32.7 Å². The second-order valence-corrected chi connectivity index (χ2v) is 13.9. The van der Waals surface area contributed by atoms with Gasteiger partial charge in [-0.2, -0.15) is 0 Å². The van der Waals surface area contributed by atoms with E-state index in [0.717, 1.165) is 10.9 Å². The van der Waals surface area contributed by atoms with Crippen LogP contribution in [0.3, 0.4) is 0 Å². The molecule has 0 amide bonds. The normalized spacial score (nSPS) is 11.5. The maximum Gasteiger partial charge on any atom is 0.242 e. The van der Waals surface area contributed by atoms with E-state index in [1.165, 1.54) is 0 Å². The Labute approximate surface area is 147 Å². The Morgan fingerprint density at radius 1 is 1.00 bits per heavy atom. The van der Waals surface area contributed by atoms with Gasteiger partial charge in [0.05, 0.1) is 21.5 Å². The monoisotopic (exact) mass is 357 g/mol. The molecule has 0 bridgehead atoms. The fourth-order valence-electron chi connectivity index (χ4n) is 2.51. The van der Waals surface area contributed by atoms with Crippen molar-refractivity contribution in [3.8, 4) is 11.5 Å². The van der Waals surface area contributed by atoms with Crippen molar-refractivity contribution in [2.24, 2.45) is 0 Å². The molecule has 0 saturated carbocycles. The Hall–Kier alpha value is -1.86. The first-order valence-corrected chi connectivity index (χ1v) is 13.9. The maximum absolute atomic E-state index is 12.9. The Morgan fingerprint density at radius 2 is 1.62 bits per heavy atom. The Bertz CT molecular complexity index is 716. The highest BCUT2D eigenvalue weighted by molar-refractivity contribution is 6.71. The van der Waals surface area contributed by atoms with E-state index >= 15 is 0 Å². The number of ketones is 1. The van der Waals surface area contributed by atoms with E-state index in [1.807, 2.05) is 36.4 Å². The first-order chi connectivity index (χ1) is 11.2. The van der Waals surface area contributed by atoms with Crippen LogP contribution in [-0.2, 0) is 0 Å². The minimum Gasteiger partial charge on any atom is -0.544 e. The van der Waals surface area contributed by atoms with Gasteiger partial charge in [0.25, 0.3) is 0 Å². The van der Waals surface area contributed by atoms with Crippen LogP contribution in [0.25, 0.3) is 0 Å². The molecule has 2 aromatic rings. The number of methoxy groups -OCH3 is 1. The largest absolute Gasteiger partial charge is 0.544 e. The summed E-state index contributed by atoms with van der Waals surface area (Å²) in [5.41, 5.74) is 1.27. The number of rotatable bonds is 6. The second kappa shape index (κ2) is 7.36. The average molecular weight is 358 g/mol. The fourth-order valence-corrected chi connectivity index (χ4v) is 4.48. The van der Waals surface area contributed by atoms with Gasteiger partial charge >= 0.3 is 0 Å². The van der Waals surface area contributed by atoms with Gasteiger partial charge in [0.2, 0.25) is 8.32 Å². The molecule has 0 aromatic heterocycles. The summed E-state index contributed by atoms with van der Waals surface area (Å²) in [6.07, 6.45) is 0. The van der Waals surface area contributed by atoms with Gasteiger partial charge in [0.15, 0.2) is 5.78 Å². The van der Waals surface area contributed by atoms with E-state index in [0.29, 0.717) is 16.9 Å². The molecule has 2 aromatic carbocycles. The van der Waals surface area contributed by atoms with Crippen LogP contribution in [-0.4, -0.2) is 30.0 Å². The van der Waals surface area contributed by atoms with Crippen LogP contribution in [0, 0.1) is 0 Å². The van der Waals surface area contributed by atoms with Crippen molar-refractivity contribution >= 4 is 28.1 Å². The van der Waals surface area contributed by atoms with Crippen LogP contribution < -0.4 is 14.3 Å². The molecule has 24 heavy (non-hydrogen) atoms. The lowest BCUT2D eigenvalue weighted by atomic mass is 10.0. The highest BCUT2D eigenvalue weighted by Gasteiger charge is 2.20. The van der Waals surface area contributed by atoms with E-state index < -0.39 is 17.1 Å². The summed E-state index contributed by atoms with van der Waals surface area (Å²) in [6.45, 7) is 10.8. The SMILES string of the molecule is COc1c(C(=O)c2ccc(O[Si](C)(C)C)cc2)cccc1[Si](C)C. The van der Waals surface area contributed by atoms with Gasteiger partial charge in [-0.15, -0.1) is 0 Å². The highest BCUT2D eigenvalue weighted by atomic mass is 28.4. The summed E-state index contributed by atoms with van der Waals surface area (Å²) >= 11 is 0. The highest BCUT2D eigenvalue weighted by Crippen LogP contribution is 2.23. The molecule has 0 N–H and O–H groups in total. The molecule has 0 atom stereocenters. The minimum absolute atomic E-state index is 0.0171. The topological polar surface area (TPSA) is 35.5 Å². The zero-order valence-corrected chi connectivity index (χ0v) is 17.3. The molecule has 0 fully saturated rings. The van der Waals surface area contributed by atoms with Crippen molar-refractivity contribution in [3.63, 3.8) is 0 Å². The van der Waals surface area contributed by atoms with Gasteiger partial charge in [-0.25, -0.2) is 0 Å². The molecule has 0 unspecified atom stereocenters. The quantitative estimate of drug-likeness (QED) is 0.577. The van der Waals surface area contributed by atoms with Crippen LogP contribution in [0.15, 0.2) is 42.5 Å². The summed E-state index contributed by atoms with van der Waals surface area (Å²) in [7, 11) is -0.722. The molecule has 127 valence electrons. The first kappa shape index (κ1) is 18.5. The smallest absolute Gasteiger partial charge is 0.242 e. The van der Waals surface area contributed by atoms with Crippen molar-refractivity contribution in [1.29, 1.82) is 0 Å². The third-order valence-corrected chi connectivity index (χ3v) is 5.86. The summed E-state index contributed by atoms with van der Waals surface area (Å²) in [6, 6.07) is 13.2. The molecule has 0 aliphatic rings. The third kappa shape index (κ3) is 4.36. The number of hydrogen-bond acceptors (Lipinski definition) is 3. The van der Waals surface area contributed by atoms with Gasteiger partial charge < -0.3 is 9.16 Å². The van der Waals surface area contributed by atoms with E-state index in [1.54, 1.807) is 7.11 Å². The molecular weight excluding hydrogens is 332 g/mol. The van der Waals surface area contributed by atoms with E-state index in [4.69, 9.17) is 9.16 Å². The van der Waals surface area contributed by atoms with Gasteiger partial charge in [0.1, 0.15) is 11.5 Å². The molecule has 5 heteroatoms. The van der Waals surface area contributed by atoms with E-state index in [9.17, 15) is 4.79 Å². The number of benzene rings is 2. The standard InChI is InChI=1S/C19H25O3Si2/c1-21-19-16(8-7-9-17(19)23(2)3)18(20)14-10-12-15(13-11-14)22-24(4,5)6/h7-13H,1-6H3. The first-order valence-electron chi connectivity index (χ1n) is 8.04. The van der Waals surface area contributed by atoms with Crippen LogP contribution >= 0.6 is 0 Å². The average Bonchev–Trinajstić information content (AvgIpc) is 2.52. The predicted octanol–water partition coefficient (Wildman–Crippen LogP) is 4.10. The van der Waals surface area contributed by atoms with Crippen molar-refractivity contribution in [3.05, 3.63) is 53.6 Å². The third-order valence-electron chi connectivity index (χ3n) is 3.54. The molecule has 2 rings (SSSR count). The molecular formula is C19H25O3Si2. The molecule has 0 aliphatic carbocycles. The van der Waals surface area contributed by atoms with Crippen molar-refractivity contribution in [2.75, 3.05) is 7.11 Å². The molecule has 0 saturated heterocycles. The van der Waals surface area contributed by atoms with Crippen LogP contribution in [0.4, 0.5) is 0 Å². The molecule has 0 heterocycles. The van der Waals surface area contributed by atoms with Crippen molar-refractivity contribution in [1.82, 2.24) is 0 Å². The summed E-state index contributed by atoms with van der Waals surface area (Å²) in [5, 5.41) is 1.15. The maximum atomic E-state index is 12.9. The lowest BCUT2D eigenvalue weighted by Gasteiger charge is -2.19. The van der Waals surface area contributed by atoms with E-state index in [2.05, 4.69) is 38.8 Å². The predicted molar refractivity (Wildman–Crippen MR) is 104 cm³/mol. The second-order valence-electron chi connectivity index (χ2n) is 6.95. The Kier molecular flexibility index (Phi) is 5.67. The Morgan fingerprint density at radius 3 is 2.12 bits per heavy atom. The van der Waals surface area contributed by atoms with Crippen molar-refractivity contribution < 1.29 is 14.0 Å². The molecule has 0 aliphatic heterocycles. The van der Waals surface area contributed by atoms with Gasteiger partial charge in [0, 0.05) is 5.56 Å². The molecule has 0 spiro atoms. The minimum atomic E-state index is -1.64. The number of carbonyl (C=O) groups excluding carboxylic acids is 1. The zero-order valence-electron chi connectivity index (χ0n) is 15.3. The summed E-state index contributed by atoms with van der Waals surface area (Å²) in [5.74, 6) is 1.51. The molecule has 3 nitrogen and oxygen atoms in total. The van der Waals surface area contributed by atoms with Gasteiger partial charge in [-0.1, -0.05) is 25.2 Å². The Balaban J connectivity index is 2.34. The van der Waals surface area contributed by atoms with Crippen LogP contribution in [0.5, 0.6) is 11.5 Å². The summed E-state index contributed by atoms with van der Waals surface area (Å²) in [4.78, 5) is 12.9. The number of hydrogen-bond donors (Lipinski definition) is 0. The van der Waals surface area contributed by atoms with Crippen LogP contribution in [0.2, 0.25) is 32.7 Å². The number of para-hydroxylation sites is 1. The lowest BCUT2D eigenvalue weighted by Crippen LogP contribution is -2.29. The fraction of sp³-hybridized carbons (Fsp3) is 0.316. The van der Waals surface area contributed by atoms with E-state index in [-0.39, 0.29) is 5.78 Å². The number of carbonyl (C=O) groups is 1. The lowest BCUT2D eigenvalue weighted by molar-refractivity contribution is 0.103. The summed E-state index contributed by atoms with van der Waals surface area (Å²) < 4.78 is 11.5. The van der Waals surface area contributed by atoms with Crippen LogP contribution in [0.1, 0.15) is 15.9 Å².